The van der Waals surface area contributed by atoms with Gasteiger partial charge in [-0.3, -0.25) is 9.36 Å². The number of halogens is 1. The largest absolute Gasteiger partial charge is 0.310 e. The Hall–Kier alpha value is -2.35. The molecule has 0 aliphatic carbocycles. The second-order valence-corrected chi connectivity index (χ2v) is 9.68. The lowest BCUT2D eigenvalue weighted by atomic mass is 10.2. The van der Waals surface area contributed by atoms with Crippen molar-refractivity contribution in [2.75, 3.05) is 16.8 Å². The van der Waals surface area contributed by atoms with Gasteiger partial charge in [-0.15, -0.1) is 10.2 Å². The topological polar surface area (TPSA) is 83.6 Å². The van der Waals surface area contributed by atoms with Gasteiger partial charge in [0.25, 0.3) is 0 Å². The van der Waals surface area contributed by atoms with Crippen LogP contribution in [0.15, 0.2) is 32.9 Å². The van der Waals surface area contributed by atoms with E-state index in [1.807, 2.05) is 20.8 Å². The third-order valence-electron chi connectivity index (χ3n) is 4.13. The Bertz CT molecular complexity index is 1090. The molecule has 10 heteroatoms. The van der Waals surface area contributed by atoms with Gasteiger partial charge in [-0.1, -0.05) is 47.9 Å². The molecule has 0 saturated heterocycles. The molecule has 0 aliphatic rings. The summed E-state index contributed by atoms with van der Waals surface area (Å²) in [6, 6.07) is 8.19. The van der Waals surface area contributed by atoms with E-state index >= 15 is 0 Å². The summed E-state index contributed by atoms with van der Waals surface area (Å²) >= 11 is 4.34. The van der Waals surface area contributed by atoms with Gasteiger partial charge in [0.1, 0.15) is 17.7 Å². The Balaban J connectivity index is 1.83. The molecule has 3 aromatic rings. The molecule has 0 bridgehead atoms. The standard InChI is InChI=1S/C19H18FN5OS3/c1-4-27-18-23-24-19(29-18)28-10-16(26)22-17-15(9-21)11(2)12(3)25(17)14-7-5-6-13(20)8-14/h5-8H,4,10H2,1-3H3,(H,22,26). The first-order chi connectivity index (χ1) is 13.9. The molecule has 29 heavy (non-hydrogen) atoms. The first-order valence-corrected chi connectivity index (χ1v) is 11.5. The number of hydrogen-bond acceptors (Lipinski definition) is 7. The second-order valence-electron chi connectivity index (χ2n) is 5.96. The van der Waals surface area contributed by atoms with Gasteiger partial charge < -0.3 is 5.32 Å². The number of hydrogen-bond donors (Lipinski definition) is 1. The molecule has 1 aromatic carbocycles. The summed E-state index contributed by atoms with van der Waals surface area (Å²) in [5.74, 6) is 0.714. The molecule has 1 N–H and O–H groups in total. The highest BCUT2D eigenvalue weighted by Gasteiger charge is 2.21. The van der Waals surface area contributed by atoms with Crippen LogP contribution in [-0.4, -0.2) is 32.2 Å². The summed E-state index contributed by atoms with van der Waals surface area (Å²) in [6.45, 7) is 5.68. The van der Waals surface area contributed by atoms with E-state index < -0.39 is 5.82 Å². The smallest absolute Gasteiger partial charge is 0.235 e. The maximum Gasteiger partial charge on any atom is 0.235 e. The SMILES string of the molecule is CCSc1nnc(SCC(=O)Nc2c(C#N)c(C)c(C)n2-c2cccc(F)c2)s1. The van der Waals surface area contributed by atoms with Gasteiger partial charge in [-0.25, -0.2) is 4.39 Å². The lowest BCUT2D eigenvalue weighted by Crippen LogP contribution is -2.17. The molecule has 0 spiro atoms. The van der Waals surface area contributed by atoms with Crippen LogP contribution in [0.25, 0.3) is 5.69 Å². The molecule has 0 radical (unpaired) electrons. The molecule has 2 heterocycles. The maximum absolute atomic E-state index is 13.8. The van der Waals surface area contributed by atoms with E-state index in [0.29, 0.717) is 21.4 Å². The van der Waals surface area contributed by atoms with E-state index in [9.17, 15) is 14.4 Å². The highest BCUT2D eigenvalue weighted by atomic mass is 32.2. The molecule has 6 nitrogen and oxygen atoms in total. The summed E-state index contributed by atoms with van der Waals surface area (Å²) < 4.78 is 17.0. The second kappa shape index (κ2) is 9.43. The monoisotopic (exact) mass is 447 g/mol. The van der Waals surface area contributed by atoms with Crippen LogP contribution in [0.2, 0.25) is 0 Å². The van der Waals surface area contributed by atoms with Crippen LogP contribution < -0.4 is 5.32 Å². The van der Waals surface area contributed by atoms with E-state index in [1.54, 1.807) is 28.5 Å². The van der Waals surface area contributed by atoms with Gasteiger partial charge >= 0.3 is 0 Å². The normalized spacial score (nSPS) is 10.7. The van der Waals surface area contributed by atoms with Crippen molar-refractivity contribution in [1.82, 2.24) is 14.8 Å². The molecule has 0 atom stereocenters. The van der Waals surface area contributed by atoms with Gasteiger partial charge in [0, 0.05) is 5.69 Å². The molecular formula is C19H18FN5OS3. The fraction of sp³-hybridized carbons (Fsp3) is 0.263. The number of rotatable bonds is 7. The molecular weight excluding hydrogens is 429 g/mol. The summed E-state index contributed by atoms with van der Waals surface area (Å²) in [4.78, 5) is 12.6. The van der Waals surface area contributed by atoms with Crippen molar-refractivity contribution >= 4 is 46.6 Å². The molecule has 0 aliphatic heterocycles. The van der Waals surface area contributed by atoms with Crippen LogP contribution in [0.1, 0.15) is 23.7 Å². The maximum atomic E-state index is 13.8. The van der Waals surface area contributed by atoms with Gasteiger partial charge in [-0.2, -0.15) is 5.26 Å². The van der Waals surface area contributed by atoms with Crippen LogP contribution in [0.5, 0.6) is 0 Å². The zero-order chi connectivity index (χ0) is 21.0. The highest BCUT2D eigenvalue weighted by molar-refractivity contribution is 8.03. The van der Waals surface area contributed by atoms with E-state index in [1.165, 1.54) is 35.2 Å². The number of thioether (sulfide) groups is 2. The third-order valence-corrected chi connectivity index (χ3v) is 7.20. The third kappa shape index (κ3) is 4.80. The van der Waals surface area contributed by atoms with E-state index in [0.717, 1.165) is 21.3 Å². The minimum absolute atomic E-state index is 0.128. The first kappa shape index (κ1) is 21.4. The van der Waals surface area contributed by atoms with Crippen molar-refractivity contribution in [2.24, 2.45) is 0 Å². The molecule has 0 fully saturated rings. The van der Waals surface area contributed by atoms with Crippen LogP contribution in [0.3, 0.4) is 0 Å². The average Bonchev–Trinajstić information content (AvgIpc) is 3.23. The van der Waals surface area contributed by atoms with Crippen LogP contribution >= 0.6 is 34.9 Å². The number of anilines is 1. The fourth-order valence-corrected chi connectivity index (χ4v) is 5.45. The molecule has 1 amide bonds. The fourth-order valence-electron chi connectivity index (χ4n) is 2.73. The lowest BCUT2D eigenvalue weighted by molar-refractivity contribution is -0.113. The van der Waals surface area contributed by atoms with Crippen molar-refractivity contribution in [1.29, 1.82) is 5.26 Å². The number of carbonyl (C=O) groups is 1. The number of benzene rings is 1. The molecule has 2 aromatic heterocycles. The van der Waals surface area contributed by atoms with Crippen molar-refractivity contribution < 1.29 is 9.18 Å². The Morgan fingerprint density at radius 1 is 1.31 bits per heavy atom. The minimum Gasteiger partial charge on any atom is -0.310 e. The van der Waals surface area contributed by atoms with Crippen molar-refractivity contribution in [3.63, 3.8) is 0 Å². The first-order valence-electron chi connectivity index (χ1n) is 8.71. The van der Waals surface area contributed by atoms with Crippen LogP contribution in [0, 0.1) is 31.0 Å². The number of nitriles is 1. The zero-order valence-electron chi connectivity index (χ0n) is 16.0. The van der Waals surface area contributed by atoms with Gasteiger partial charge in [0.05, 0.1) is 17.0 Å². The zero-order valence-corrected chi connectivity index (χ0v) is 18.5. The van der Waals surface area contributed by atoms with E-state index in [2.05, 4.69) is 21.6 Å². The lowest BCUT2D eigenvalue weighted by Gasteiger charge is -2.13. The number of nitrogens with one attached hydrogen (secondary N) is 1. The number of carbonyl (C=O) groups excluding carboxylic acids is 1. The Kier molecular flexibility index (Phi) is 6.95. The molecule has 0 saturated carbocycles. The molecule has 3 rings (SSSR count). The highest BCUT2D eigenvalue weighted by Crippen LogP contribution is 2.31. The number of nitrogens with zero attached hydrogens (tertiary/aromatic N) is 4. The van der Waals surface area contributed by atoms with Crippen molar-refractivity contribution in [2.45, 2.75) is 29.5 Å². The average molecular weight is 448 g/mol. The summed E-state index contributed by atoms with van der Waals surface area (Å²) in [7, 11) is 0. The summed E-state index contributed by atoms with van der Waals surface area (Å²) in [5, 5.41) is 20.6. The Labute approximate surface area is 180 Å². The Morgan fingerprint density at radius 3 is 2.69 bits per heavy atom. The van der Waals surface area contributed by atoms with Crippen LogP contribution in [0.4, 0.5) is 10.2 Å². The summed E-state index contributed by atoms with van der Waals surface area (Å²) in [5.41, 5.74) is 2.41. The van der Waals surface area contributed by atoms with Gasteiger partial charge in [-0.05, 0) is 43.4 Å². The quantitative estimate of drug-likeness (QED) is 0.524. The van der Waals surface area contributed by atoms with Gasteiger partial charge in [0.15, 0.2) is 8.68 Å². The van der Waals surface area contributed by atoms with Gasteiger partial charge in [0.2, 0.25) is 5.91 Å². The molecule has 150 valence electrons. The Morgan fingerprint density at radius 2 is 2.03 bits per heavy atom. The predicted octanol–water partition coefficient (Wildman–Crippen LogP) is 4.80. The van der Waals surface area contributed by atoms with Crippen molar-refractivity contribution in [3.8, 4) is 11.8 Å². The van der Waals surface area contributed by atoms with E-state index in [-0.39, 0.29) is 11.7 Å². The number of aromatic nitrogens is 3. The summed E-state index contributed by atoms with van der Waals surface area (Å²) in [6.07, 6.45) is 0. The minimum atomic E-state index is -0.392. The van der Waals surface area contributed by atoms with E-state index in [4.69, 9.17) is 0 Å². The van der Waals surface area contributed by atoms with Crippen molar-refractivity contribution in [3.05, 3.63) is 46.9 Å². The number of amides is 1. The predicted molar refractivity (Wildman–Crippen MR) is 116 cm³/mol. The molecule has 0 unspecified atom stereocenters. The van der Waals surface area contributed by atoms with Crippen LogP contribution in [-0.2, 0) is 4.79 Å².